The van der Waals surface area contributed by atoms with Crippen molar-refractivity contribution in [3.05, 3.63) is 47.7 Å². The number of hydrogen-bond donors (Lipinski definition) is 1. The Morgan fingerprint density at radius 1 is 1.20 bits per heavy atom. The molecule has 2 aromatic rings. The van der Waals surface area contributed by atoms with Crippen molar-refractivity contribution in [2.75, 3.05) is 19.6 Å². The summed E-state index contributed by atoms with van der Waals surface area (Å²) in [7, 11) is 0. The monoisotopic (exact) mass is 362 g/mol. The zero-order chi connectivity index (χ0) is 17.3. The van der Waals surface area contributed by atoms with Crippen LogP contribution >= 0.6 is 12.4 Å². The zero-order valence-corrected chi connectivity index (χ0v) is 15.9. The van der Waals surface area contributed by atoms with Crippen molar-refractivity contribution >= 4 is 18.3 Å². The average Bonchev–Trinajstić information content (AvgIpc) is 3.23. The number of nitrogens with zero attached hydrogens (tertiary/aromatic N) is 1. The predicted octanol–water partition coefficient (Wildman–Crippen LogP) is 4.09. The topological polar surface area (TPSA) is 59.5 Å². The molecule has 0 aliphatic carbocycles. The van der Waals surface area contributed by atoms with Crippen LogP contribution in [0.5, 0.6) is 0 Å². The van der Waals surface area contributed by atoms with Gasteiger partial charge >= 0.3 is 0 Å². The number of benzene rings is 1. The minimum Gasteiger partial charge on any atom is -0.451 e. The van der Waals surface area contributed by atoms with Crippen molar-refractivity contribution in [3.63, 3.8) is 0 Å². The number of amides is 1. The van der Waals surface area contributed by atoms with Crippen LogP contribution in [0.25, 0.3) is 11.3 Å². The van der Waals surface area contributed by atoms with E-state index in [-0.39, 0.29) is 23.7 Å². The van der Waals surface area contributed by atoms with Crippen LogP contribution < -0.4 is 5.73 Å². The molecule has 136 valence electrons. The summed E-state index contributed by atoms with van der Waals surface area (Å²) >= 11 is 0. The van der Waals surface area contributed by atoms with E-state index in [1.165, 1.54) is 5.56 Å². The standard InChI is InChI=1S/C20H26N2O2.ClH/c1-20(2,3)16-6-4-15(5-7-16)17-8-9-18(24-17)19(23)22-11-10-14(12-21)13-22;/h4-9,14H,10-13,21H2,1-3H3;1H. The first kappa shape index (κ1) is 19.5. The predicted molar refractivity (Wildman–Crippen MR) is 103 cm³/mol. The first-order valence-electron chi connectivity index (χ1n) is 8.58. The average molecular weight is 363 g/mol. The Morgan fingerprint density at radius 3 is 2.44 bits per heavy atom. The third kappa shape index (κ3) is 4.25. The normalized spacial score (nSPS) is 17.4. The van der Waals surface area contributed by atoms with Crippen LogP contribution in [0.2, 0.25) is 0 Å². The lowest BCUT2D eigenvalue weighted by Gasteiger charge is -2.18. The number of likely N-dealkylation sites (tertiary alicyclic amines) is 1. The summed E-state index contributed by atoms with van der Waals surface area (Å²) in [5, 5.41) is 0. The lowest BCUT2D eigenvalue weighted by molar-refractivity contribution is 0.0757. The van der Waals surface area contributed by atoms with Gasteiger partial charge in [-0.05, 0) is 42.0 Å². The van der Waals surface area contributed by atoms with Gasteiger partial charge in [0.15, 0.2) is 5.76 Å². The molecule has 1 amide bonds. The van der Waals surface area contributed by atoms with Gasteiger partial charge in [0.05, 0.1) is 0 Å². The van der Waals surface area contributed by atoms with Crippen LogP contribution in [0.15, 0.2) is 40.8 Å². The molecule has 1 atom stereocenters. The SMILES string of the molecule is CC(C)(C)c1ccc(-c2ccc(C(=O)N3CCC(CN)C3)o2)cc1.Cl. The van der Waals surface area contributed by atoms with E-state index >= 15 is 0 Å². The van der Waals surface area contributed by atoms with Crippen molar-refractivity contribution in [1.29, 1.82) is 0 Å². The number of nitrogens with two attached hydrogens (primary N) is 1. The van der Waals surface area contributed by atoms with Gasteiger partial charge in [0.1, 0.15) is 5.76 Å². The van der Waals surface area contributed by atoms with Gasteiger partial charge in [0, 0.05) is 18.7 Å². The molecule has 3 rings (SSSR count). The minimum atomic E-state index is -0.0384. The molecule has 25 heavy (non-hydrogen) atoms. The molecule has 1 aliphatic heterocycles. The van der Waals surface area contributed by atoms with Crippen molar-refractivity contribution < 1.29 is 9.21 Å². The fourth-order valence-corrected chi connectivity index (χ4v) is 3.11. The summed E-state index contributed by atoms with van der Waals surface area (Å²) in [5.74, 6) is 1.51. The van der Waals surface area contributed by atoms with Crippen molar-refractivity contribution in [2.24, 2.45) is 11.7 Å². The third-order valence-corrected chi connectivity index (χ3v) is 4.76. The maximum Gasteiger partial charge on any atom is 0.289 e. The Hall–Kier alpha value is -1.78. The highest BCUT2D eigenvalue weighted by Crippen LogP contribution is 2.28. The van der Waals surface area contributed by atoms with Crippen LogP contribution in [0, 0.1) is 5.92 Å². The second kappa shape index (κ2) is 7.63. The Kier molecular flexibility index (Phi) is 5.96. The maximum absolute atomic E-state index is 12.5. The van der Waals surface area contributed by atoms with Gasteiger partial charge in [-0.1, -0.05) is 45.0 Å². The van der Waals surface area contributed by atoms with Gasteiger partial charge in [0.2, 0.25) is 0 Å². The maximum atomic E-state index is 12.5. The van der Waals surface area contributed by atoms with E-state index in [0.717, 1.165) is 30.8 Å². The number of carbonyl (C=O) groups is 1. The van der Waals surface area contributed by atoms with Gasteiger partial charge in [-0.2, -0.15) is 0 Å². The van der Waals surface area contributed by atoms with E-state index in [2.05, 4.69) is 32.9 Å². The van der Waals surface area contributed by atoms with E-state index in [1.54, 1.807) is 6.07 Å². The van der Waals surface area contributed by atoms with Crippen LogP contribution in [0.1, 0.15) is 43.3 Å². The molecule has 1 aromatic carbocycles. The summed E-state index contributed by atoms with van der Waals surface area (Å²) < 4.78 is 5.82. The molecule has 0 radical (unpaired) electrons. The molecule has 0 saturated carbocycles. The van der Waals surface area contributed by atoms with Crippen LogP contribution in [0.3, 0.4) is 0 Å². The van der Waals surface area contributed by atoms with E-state index in [1.807, 2.05) is 23.1 Å². The Labute approximate surface area is 155 Å². The highest BCUT2D eigenvalue weighted by atomic mass is 35.5. The Balaban J connectivity index is 0.00000225. The highest BCUT2D eigenvalue weighted by Gasteiger charge is 2.27. The lowest BCUT2D eigenvalue weighted by Crippen LogP contribution is -2.29. The molecule has 0 spiro atoms. The van der Waals surface area contributed by atoms with Crippen molar-refractivity contribution in [3.8, 4) is 11.3 Å². The molecule has 1 unspecified atom stereocenters. The summed E-state index contributed by atoms with van der Waals surface area (Å²) in [6.07, 6.45) is 0.976. The molecule has 5 heteroatoms. The zero-order valence-electron chi connectivity index (χ0n) is 15.1. The minimum absolute atomic E-state index is 0. The Bertz CT molecular complexity index is 716. The van der Waals surface area contributed by atoms with Crippen LogP contribution in [0.4, 0.5) is 0 Å². The molecule has 2 N–H and O–H groups in total. The van der Waals surface area contributed by atoms with Crippen LogP contribution in [-0.2, 0) is 5.41 Å². The second-order valence-electron chi connectivity index (χ2n) is 7.63. The van der Waals surface area contributed by atoms with Gasteiger partial charge in [-0.15, -0.1) is 12.4 Å². The summed E-state index contributed by atoms with van der Waals surface area (Å²) in [4.78, 5) is 14.4. The first-order chi connectivity index (χ1) is 11.4. The number of carbonyl (C=O) groups excluding carboxylic acids is 1. The number of halogens is 1. The fourth-order valence-electron chi connectivity index (χ4n) is 3.11. The molecular formula is C20H27ClN2O2. The molecule has 1 saturated heterocycles. The quantitative estimate of drug-likeness (QED) is 0.894. The number of furan rings is 1. The highest BCUT2D eigenvalue weighted by molar-refractivity contribution is 5.92. The summed E-state index contributed by atoms with van der Waals surface area (Å²) in [5.41, 5.74) is 8.09. The van der Waals surface area contributed by atoms with E-state index in [0.29, 0.717) is 18.2 Å². The molecule has 1 fully saturated rings. The lowest BCUT2D eigenvalue weighted by atomic mass is 9.86. The molecule has 0 bridgehead atoms. The van der Waals surface area contributed by atoms with Crippen LogP contribution in [-0.4, -0.2) is 30.4 Å². The smallest absolute Gasteiger partial charge is 0.289 e. The van der Waals surface area contributed by atoms with Gasteiger partial charge in [-0.3, -0.25) is 4.79 Å². The molecular weight excluding hydrogens is 336 g/mol. The number of rotatable bonds is 3. The van der Waals surface area contributed by atoms with Gasteiger partial charge in [0.25, 0.3) is 5.91 Å². The fraction of sp³-hybridized carbons (Fsp3) is 0.450. The molecule has 4 nitrogen and oxygen atoms in total. The largest absolute Gasteiger partial charge is 0.451 e. The van der Waals surface area contributed by atoms with E-state index in [9.17, 15) is 4.79 Å². The first-order valence-corrected chi connectivity index (χ1v) is 8.58. The van der Waals surface area contributed by atoms with Gasteiger partial charge < -0.3 is 15.1 Å². The Morgan fingerprint density at radius 2 is 1.88 bits per heavy atom. The molecule has 1 aliphatic rings. The second-order valence-corrected chi connectivity index (χ2v) is 7.63. The van der Waals surface area contributed by atoms with E-state index in [4.69, 9.17) is 10.2 Å². The van der Waals surface area contributed by atoms with E-state index < -0.39 is 0 Å². The van der Waals surface area contributed by atoms with Gasteiger partial charge in [-0.25, -0.2) is 0 Å². The van der Waals surface area contributed by atoms with Crippen molar-refractivity contribution in [1.82, 2.24) is 4.90 Å². The number of hydrogen-bond acceptors (Lipinski definition) is 3. The summed E-state index contributed by atoms with van der Waals surface area (Å²) in [6.45, 7) is 8.69. The third-order valence-electron chi connectivity index (χ3n) is 4.76. The summed E-state index contributed by atoms with van der Waals surface area (Å²) in [6, 6.07) is 12.0. The van der Waals surface area contributed by atoms with Crippen molar-refractivity contribution in [2.45, 2.75) is 32.6 Å². The molecule has 2 heterocycles. The molecule has 1 aromatic heterocycles.